The highest BCUT2D eigenvalue weighted by Gasteiger charge is 2.25. The molecule has 1 atom stereocenters. The second kappa shape index (κ2) is 4.72. The molecule has 0 fully saturated rings. The van der Waals surface area contributed by atoms with Gasteiger partial charge in [-0.15, -0.1) is 0 Å². The maximum absolute atomic E-state index is 11.2. The first-order valence-electron chi connectivity index (χ1n) is 4.63. The van der Waals surface area contributed by atoms with Crippen LogP contribution in [0, 0.1) is 5.41 Å². The molecule has 0 radical (unpaired) electrons. The number of aliphatic hydroxyl groups is 1. The van der Waals surface area contributed by atoms with E-state index < -0.39 is 0 Å². The van der Waals surface area contributed by atoms with E-state index in [-0.39, 0.29) is 17.3 Å². The van der Waals surface area contributed by atoms with E-state index in [9.17, 15) is 4.79 Å². The minimum atomic E-state index is -0.340. The topological polar surface area (TPSA) is 40.5 Å². The minimum absolute atomic E-state index is 0.185. The van der Waals surface area contributed by atoms with Gasteiger partial charge in [-0.25, -0.2) is 0 Å². The Bertz CT molecular complexity index is 176. The van der Waals surface area contributed by atoms with Gasteiger partial charge in [0.05, 0.1) is 6.10 Å². The van der Waals surface area contributed by atoms with Crippen molar-refractivity contribution >= 4 is 5.78 Å². The summed E-state index contributed by atoms with van der Waals surface area (Å²) in [5.41, 5.74) is -0.316. The molecule has 0 rings (SSSR count). The van der Waals surface area contributed by atoms with Gasteiger partial charge >= 0.3 is 0 Å². The summed E-state index contributed by atoms with van der Waals surface area (Å²) >= 11 is 0. The Morgan fingerprint density at radius 1 is 1.54 bits per heavy atom. The molecule has 0 aromatic carbocycles. The smallest absolute Gasteiger partial charge is 0.136 e. The van der Waals surface area contributed by atoms with Gasteiger partial charge in [0.15, 0.2) is 0 Å². The molecule has 0 amide bonds. The van der Waals surface area contributed by atoms with Crippen LogP contribution in [0.1, 0.15) is 27.7 Å². The fraction of sp³-hybridized carbons (Fsp3) is 0.900. The average Bonchev–Trinajstić information content (AvgIpc) is 1.82. The maximum atomic E-state index is 11.2. The van der Waals surface area contributed by atoms with Gasteiger partial charge in [0.2, 0.25) is 0 Å². The van der Waals surface area contributed by atoms with Gasteiger partial charge in [-0.05, 0) is 20.9 Å². The molecule has 78 valence electrons. The van der Waals surface area contributed by atoms with Crippen LogP contribution in [0.25, 0.3) is 0 Å². The van der Waals surface area contributed by atoms with Crippen LogP contribution in [-0.2, 0) is 4.79 Å². The van der Waals surface area contributed by atoms with Gasteiger partial charge in [0.25, 0.3) is 0 Å². The minimum Gasteiger partial charge on any atom is -0.392 e. The Balaban J connectivity index is 4.04. The number of aliphatic hydroxyl groups excluding tert-OH is 1. The van der Waals surface area contributed by atoms with Gasteiger partial charge in [-0.1, -0.05) is 13.8 Å². The van der Waals surface area contributed by atoms with E-state index in [1.165, 1.54) is 0 Å². The van der Waals surface area contributed by atoms with Crippen molar-refractivity contribution in [1.82, 2.24) is 4.90 Å². The molecule has 0 bridgehead atoms. The molecule has 0 aliphatic carbocycles. The number of carbonyl (C=O) groups excluding carboxylic acids is 1. The fourth-order valence-electron chi connectivity index (χ4n) is 1.30. The van der Waals surface area contributed by atoms with Gasteiger partial charge in [0.1, 0.15) is 5.78 Å². The molecule has 1 unspecified atom stereocenters. The van der Waals surface area contributed by atoms with Gasteiger partial charge < -0.3 is 10.0 Å². The maximum Gasteiger partial charge on any atom is 0.136 e. The molecule has 0 aliphatic rings. The lowest BCUT2D eigenvalue weighted by Crippen LogP contribution is -2.39. The zero-order chi connectivity index (χ0) is 10.6. The first-order chi connectivity index (χ1) is 5.75. The van der Waals surface area contributed by atoms with Crippen LogP contribution in [0.2, 0.25) is 0 Å². The Morgan fingerprint density at radius 2 is 2.00 bits per heavy atom. The molecular formula is C10H21NO2. The van der Waals surface area contributed by atoms with Crippen molar-refractivity contribution in [2.24, 2.45) is 5.41 Å². The number of nitrogens with zero attached hydrogens (tertiary/aromatic N) is 1. The molecule has 0 saturated carbocycles. The highest BCUT2D eigenvalue weighted by atomic mass is 16.3. The standard InChI is InChI=1S/C10H21NO2/c1-8(12)6-11(5)7-10(3,4)9(2)13/h8,12H,6-7H2,1-5H3. The van der Waals surface area contributed by atoms with Crippen molar-refractivity contribution in [2.45, 2.75) is 33.8 Å². The van der Waals surface area contributed by atoms with Crippen molar-refractivity contribution < 1.29 is 9.90 Å². The van der Waals surface area contributed by atoms with E-state index in [4.69, 9.17) is 5.11 Å². The van der Waals surface area contributed by atoms with Gasteiger partial charge in [0, 0.05) is 18.5 Å². The zero-order valence-corrected chi connectivity index (χ0v) is 9.29. The molecule has 3 heteroatoms. The van der Waals surface area contributed by atoms with Crippen molar-refractivity contribution in [3.05, 3.63) is 0 Å². The molecule has 0 spiro atoms. The fourth-order valence-corrected chi connectivity index (χ4v) is 1.30. The number of Topliss-reactive ketones (excluding diaryl/α,β-unsaturated/α-hetero) is 1. The van der Waals surface area contributed by atoms with E-state index in [1.807, 2.05) is 25.8 Å². The highest BCUT2D eigenvalue weighted by Crippen LogP contribution is 2.17. The van der Waals surface area contributed by atoms with Crippen molar-refractivity contribution in [2.75, 3.05) is 20.1 Å². The van der Waals surface area contributed by atoms with Crippen LogP contribution in [0.15, 0.2) is 0 Å². The summed E-state index contributed by atoms with van der Waals surface area (Å²) in [4.78, 5) is 13.2. The third kappa shape index (κ3) is 5.01. The Kier molecular flexibility index (Phi) is 4.57. The summed E-state index contributed by atoms with van der Waals surface area (Å²) in [7, 11) is 1.91. The second-order valence-electron chi connectivity index (χ2n) is 4.49. The molecular weight excluding hydrogens is 166 g/mol. The lowest BCUT2D eigenvalue weighted by atomic mass is 9.88. The molecule has 0 saturated heterocycles. The Hall–Kier alpha value is -0.410. The van der Waals surface area contributed by atoms with Crippen LogP contribution in [0.4, 0.5) is 0 Å². The highest BCUT2D eigenvalue weighted by molar-refractivity contribution is 5.81. The van der Waals surface area contributed by atoms with Crippen molar-refractivity contribution in [1.29, 1.82) is 0 Å². The monoisotopic (exact) mass is 187 g/mol. The number of rotatable bonds is 5. The average molecular weight is 187 g/mol. The van der Waals surface area contributed by atoms with E-state index in [1.54, 1.807) is 13.8 Å². The summed E-state index contributed by atoms with van der Waals surface area (Å²) in [6.45, 7) is 8.50. The van der Waals surface area contributed by atoms with Crippen LogP contribution < -0.4 is 0 Å². The number of likely N-dealkylation sites (N-methyl/N-ethyl adjacent to an activating group) is 1. The van der Waals surface area contributed by atoms with Crippen LogP contribution >= 0.6 is 0 Å². The summed E-state index contributed by atoms with van der Waals surface area (Å²) in [5.74, 6) is 0.185. The lowest BCUT2D eigenvalue weighted by molar-refractivity contribution is -0.125. The van der Waals surface area contributed by atoms with Gasteiger partial charge in [-0.3, -0.25) is 4.79 Å². The van der Waals surface area contributed by atoms with Gasteiger partial charge in [-0.2, -0.15) is 0 Å². The Morgan fingerprint density at radius 3 is 2.31 bits per heavy atom. The third-order valence-electron chi connectivity index (χ3n) is 2.19. The quantitative estimate of drug-likeness (QED) is 0.695. The molecule has 3 nitrogen and oxygen atoms in total. The van der Waals surface area contributed by atoms with Crippen LogP contribution in [0.5, 0.6) is 0 Å². The molecule has 0 heterocycles. The molecule has 0 aliphatic heterocycles. The van der Waals surface area contributed by atoms with Crippen LogP contribution in [0.3, 0.4) is 0 Å². The molecule has 0 aromatic rings. The summed E-state index contributed by atoms with van der Waals surface area (Å²) in [6, 6.07) is 0. The summed E-state index contributed by atoms with van der Waals surface area (Å²) in [6.07, 6.45) is -0.340. The van der Waals surface area contributed by atoms with Crippen LogP contribution in [-0.4, -0.2) is 42.0 Å². The number of hydrogen-bond donors (Lipinski definition) is 1. The van der Waals surface area contributed by atoms with E-state index in [2.05, 4.69) is 0 Å². The first kappa shape index (κ1) is 12.6. The van der Waals surface area contributed by atoms with E-state index in [0.29, 0.717) is 13.1 Å². The third-order valence-corrected chi connectivity index (χ3v) is 2.19. The normalized spacial score (nSPS) is 14.7. The Labute approximate surface area is 80.7 Å². The summed E-state index contributed by atoms with van der Waals surface area (Å²) in [5, 5.41) is 9.13. The van der Waals surface area contributed by atoms with Crippen molar-refractivity contribution in [3.63, 3.8) is 0 Å². The lowest BCUT2D eigenvalue weighted by Gasteiger charge is -2.28. The molecule has 13 heavy (non-hydrogen) atoms. The number of carbonyl (C=O) groups is 1. The first-order valence-corrected chi connectivity index (χ1v) is 4.63. The summed E-state index contributed by atoms with van der Waals surface area (Å²) < 4.78 is 0. The van der Waals surface area contributed by atoms with E-state index >= 15 is 0 Å². The number of hydrogen-bond acceptors (Lipinski definition) is 3. The predicted octanol–water partition coefficient (Wildman–Crippen LogP) is 0.914. The molecule has 0 aromatic heterocycles. The SMILES string of the molecule is CC(=O)C(C)(C)CN(C)CC(C)O. The molecule has 1 N–H and O–H groups in total. The van der Waals surface area contributed by atoms with E-state index in [0.717, 1.165) is 0 Å². The second-order valence-corrected chi connectivity index (χ2v) is 4.49. The zero-order valence-electron chi connectivity index (χ0n) is 9.29. The largest absolute Gasteiger partial charge is 0.392 e. The van der Waals surface area contributed by atoms with Crippen molar-refractivity contribution in [3.8, 4) is 0 Å². The predicted molar refractivity (Wildman–Crippen MR) is 53.6 cm³/mol. The number of ketones is 1.